The van der Waals surface area contributed by atoms with Crippen molar-refractivity contribution in [3.05, 3.63) is 102 Å². The van der Waals surface area contributed by atoms with Crippen LogP contribution in [0.25, 0.3) is 0 Å². The van der Waals surface area contributed by atoms with E-state index < -0.39 is 18.2 Å². The molecule has 4 N–H and O–H groups in total. The largest absolute Gasteiger partial charge is 0.445 e. The van der Waals surface area contributed by atoms with Crippen molar-refractivity contribution in [3.8, 4) is 0 Å². The molecule has 8 heteroatoms. The van der Waals surface area contributed by atoms with E-state index in [0.29, 0.717) is 38.0 Å². The Hall–Kier alpha value is -4.33. The van der Waals surface area contributed by atoms with Crippen LogP contribution in [0.4, 0.5) is 10.5 Å². The Bertz CT molecular complexity index is 1200. The average Bonchev–Trinajstić information content (AvgIpc) is 3.44. The van der Waals surface area contributed by atoms with Crippen LogP contribution in [0.1, 0.15) is 29.5 Å². The van der Waals surface area contributed by atoms with Gasteiger partial charge in [-0.05, 0) is 48.1 Å². The summed E-state index contributed by atoms with van der Waals surface area (Å²) in [6.45, 7) is 1.02. The van der Waals surface area contributed by atoms with Gasteiger partial charge in [-0.25, -0.2) is 4.79 Å². The number of nitrogens with one attached hydrogen (secondary N) is 2. The molecule has 1 aliphatic heterocycles. The minimum Gasteiger partial charge on any atom is -0.445 e. The van der Waals surface area contributed by atoms with Crippen molar-refractivity contribution in [2.75, 3.05) is 18.8 Å². The third kappa shape index (κ3) is 7.59. The first kappa shape index (κ1) is 26.7. The lowest BCUT2D eigenvalue weighted by molar-refractivity contribution is -0.139. The van der Waals surface area contributed by atoms with Crippen LogP contribution in [0, 0.1) is 0 Å². The molecule has 8 nitrogen and oxygen atoms in total. The van der Waals surface area contributed by atoms with E-state index in [2.05, 4.69) is 10.6 Å². The van der Waals surface area contributed by atoms with Gasteiger partial charge >= 0.3 is 6.09 Å². The van der Waals surface area contributed by atoms with E-state index in [1.165, 1.54) is 0 Å². The first-order chi connectivity index (χ1) is 18.5. The van der Waals surface area contributed by atoms with E-state index >= 15 is 0 Å². The number of carbonyl (C=O) groups excluding carboxylic acids is 3. The molecule has 1 aliphatic rings. The van der Waals surface area contributed by atoms with Crippen molar-refractivity contribution in [2.45, 2.75) is 44.4 Å². The molecule has 3 amide bonds. The predicted molar refractivity (Wildman–Crippen MR) is 146 cm³/mol. The van der Waals surface area contributed by atoms with Gasteiger partial charge in [-0.2, -0.15) is 0 Å². The Balaban J connectivity index is 1.38. The fourth-order valence-corrected chi connectivity index (χ4v) is 4.59. The van der Waals surface area contributed by atoms with Crippen molar-refractivity contribution in [2.24, 2.45) is 0 Å². The highest BCUT2D eigenvalue weighted by Crippen LogP contribution is 2.20. The zero-order valence-electron chi connectivity index (χ0n) is 21.3. The first-order valence-electron chi connectivity index (χ1n) is 12.9. The molecule has 198 valence electrons. The molecule has 0 saturated carbocycles. The Kier molecular flexibility index (Phi) is 9.34. The van der Waals surface area contributed by atoms with Gasteiger partial charge in [-0.15, -0.1) is 0 Å². The van der Waals surface area contributed by atoms with Gasteiger partial charge in [0.25, 0.3) is 0 Å². The second kappa shape index (κ2) is 13.3. The smallest absolute Gasteiger partial charge is 0.408 e. The zero-order valence-corrected chi connectivity index (χ0v) is 21.3. The topological polar surface area (TPSA) is 114 Å². The van der Waals surface area contributed by atoms with Crippen LogP contribution in [-0.4, -0.2) is 48.0 Å². The van der Waals surface area contributed by atoms with Crippen LogP contribution < -0.4 is 16.4 Å². The van der Waals surface area contributed by atoms with Gasteiger partial charge in [0.2, 0.25) is 11.8 Å². The minimum absolute atomic E-state index is 0.0989. The number of rotatable bonds is 10. The summed E-state index contributed by atoms with van der Waals surface area (Å²) >= 11 is 0. The van der Waals surface area contributed by atoms with Gasteiger partial charge < -0.3 is 26.0 Å². The Labute approximate surface area is 223 Å². The SMILES string of the molecule is Nc1ccc(CCNC(=O)[C@@H]2CCCN2C(=O)[C@@H](Cc2ccccc2)NC(=O)OCc2ccccc2)cc1. The lowest BCUT2D eigenvalue weighted by atomic mass is 10.0. The predicted octanol–water partition coefficient (Wildman–Crippen LogP) is 3.46. The second-order valence-electron chi connectivity index (χ2n) is 9.42. The van der Waals surface area contributed by atoms with E-state index in [9.17, 15) is 14.4 Å². The van der Waals surface area contributed by atoms with E-state index in [-0.39, 0.29) is 18.4 Å². The zero-order chi connectivity index (χ0) is 26.7. The number of nitrogens with two attached hydrogens (primary N) is 1. The highest BCUT2D eigenvalue weighted by Gasteiger charge is 2.37. The molecule has 1 fully saturated rings. The van der Waals surface area contributed by atoms with E-state index in [1.54, 1.807) is 4.90 Å². The third-order valence-corrected chi connectivity index (χ3v) is 6.62. The number of hydrogen-bond acceptors (Lipinski definition) is 5. The number of hydrogen-bond donors (Lipinski definition) is 3. The molecule has 0 radical (unpaired) electrons. The maximum absolute atomic E-state index is 13.7. The van der Waals surface area contributed by atoms with Crippen molar-refractivity contribution >= 4 is 23.6 Å². The molecule has 3 aromatic rings. The Morgan fingerprint density at radius 1 is 0.895 bits per heavy atom. The second-order valence-corrected chi connectivity index (χ2v) is 9.42. The summed E-state index contributed by atoms with van der Waals surface area (Å²) in [5.74, 6) is -0.474. The van der Waals surface area contributed by atoms with Crippen LogP contribution >= 0.6 is 0 Å². The van der Waals surface area contributed by atoms with Crippen molar-refractivity contribution in [1.29, 1.82) is 0 Å². The van der Waals surface area contributed by atoms with Gasteiger partial charge in [-0.3, -0.25) is 9.59 Å². The van der Waals surface area contributed by atoms with E-state index in [1.807, 2.05) is 84.9 Å². The normalized spacial score (nSPS) is 15.5. The van der Waals surface area contributed by atoms with Gasteiger partial charge in [0.05, 0.1) is 0 Å². The number of nitrogens with zero attached hydrogens (tertiary/aromatic N) is 1. The van der Waals surface area contributed by atoms with Gasteiger partial charge in [0.1, 0.15) is 18.7 Å². The van der Waals surface area contributed by atoms with Crippen molar-refractivity contribution in [3.63, 3.8) is 0 Å². The molecule has 0 bridgehead atoms. The standard InChI is InChI=1S/C30H34N4O4/c31-25-15-13-22(14-16-25)17-18-32-28(35)27-12-7-19-34(27)29(36)26(20-23-8-3-1-4-9-23)33-30(37)38-21-24-10-5-2-6-11-24/h1-6,8-11,13-16,26-27H,7,12,17-21,31H2,(H,32,35)(H,33,37)/t26-,27+/m1/s1. The van der Waals surface area contributed by atoms with Crippen LogP contribution in [0.5, 0.6) is 0 Å². The highest BCUT2D eigenvalue weighted by atomic mass is 16.5. The highest BCUT2D eigenvalue weighted by molar-refractivity contribution is 5.92. The molecule has 4 rings (SSSR count). The fraction of sp³-hybridized carbons (Fsp3) is 0.300. The van der Waals surface area contributed by atoms with Crippen molar-refractivity contribution in [1.82, 2.24) is 15.5 Å². The molecule has 1 saturated heterocycles. The maximum Gasteiger partial charge on any atom is 0.408 e. The number of likely N-dealkylation sites (tertiary alicyclic amines) is 1. The monoisotopic (exact) mass is 514 g/mol. The molecule has 0 aromatic heterocycles. The molecule has 1 heterocycles. The number of nitrogen functional groups attached to an aromatic ring is 1. The van der Waals surface area contributed by atoms with Crippen LogP contribution in [0.2, 0.25) is 0 Å². The van der Waals surface area contributed by atoms with Gasteiger partial charge in [0.15, 0.2) is 0 Å². The average molecular weight is 515 g/mol. The Morgan fingerprint density at radius 2 is 1.55 bits per heavy atom. The summed E-state index contributed by atoms with van der Waals surface area (Å²) in [4.78, 5) is 40.9. The molecule has 0 aliphatic carbocycles. The number of anilines is 1. The van der Waals surface area contributed by atoms with Crippen LogP contribution in [-0.2, 0) is 33.8 Å². The summed E-state index contributed by atoms with van der Waals surface area (Å²) < 4.78 is 5.38. The summed E-state index contributed by atoms with van der Waals surface area (Å²) in [5.41, 5.74) is 9.25. The minimum atomic E-state index is -0.858. The summed E-state index contributed by atoms with van der Waals surface area (Å²) in [6.07, 6.45) is 1.58. The summed E-state index contributed by atoms with van der Waals surface area (Å²) in [5, 5.41) is 5.71. The quantitative estimate of drug-likeness (QED) is 0.359. The summed E-state index contributed by atoms with van der Waals surface area (Å²) in [7, 11) is 0. The maximum atomic E-state index is 13.7. The van der Waals surface area contributed by atoms with E-state index in [0.717, 1.165) is 23.1 Å². The number of benzene rings is 3. The summed E-state index contributed by atoms with van der Waals surface area (Å²) in [6, 6.07) is 24.9. The van der Waals surface area contributed by atoms with Gasteiger partial charge in [-0.1, -0.05) is 72.8 Å². The molecular formula is C30H34N4O4. The van der Waals surface area contributed by atoms with E-state index in [4.69, 9.17) is 10.5 Å². The van der Waals surface area contributed by atoms with Crippen molar-refractivity contribution < 1.29 is 19.1 Å². The molecule has 3 aromatic carbocycles. The van der Waals surface area contributed by atoms with Gasteiger partial charge in [0, 0.05) is 25.2 Å². The molecular weight excluding hydrogens is 480 g/mol. The Morgan fingerprint density at radius 3 is 2.24 bits per heavy atom. The molecule has 0 unspecified atom stereocenters. The first-order valence-corrected chi connectivity index (χ1v) is 12.9. The molecule has 0 spiro atoms. The molecule has 2 atom stereocenters. The lowest BCUT2D eigenvalue weighted by Crippen LogP contribution is -2.54. The van der Waals surface area contributed by atoms with Crippen LogP contribution in [0.15, 0.2) is 84.9 Å². The lowest BCUT2D eigenvalue weighted by Gasteiger charge is -2.28. The fourth-order valence-electron chi connectivity index (χ4n) is 4.59. The van der Waals surface area contributed by atoms with Crippen LogP contribution in [0.3, 0.4) is 0 Å². The third-order valence-electron chi connectivity index (χ3n) is 6.62. The number of amides is 3. The molecule has 38 heavy (non-hydrogen) atoms. The number of ether oxygens (including phenoxy) is 1. The number of carbonyl (C=O) groups is 3. The number of alkyl carbamates (subject to hydrolysis) is 1.